The molecule has 2 heterocycles. The molecule has 3 aliphatic rings. The topological polar surface area (TPSA) is 91.7 Å². The highest BCUT2D eigenvalue weighted by atomic mass is 79.9. The molecule has 1 amide bonds. The Kier molecular flexibility index (Phi) is 9.60. The summed E-state index contributed by atoms with van der Waals surface area (Å²) in [7, 11) is 0. The zero-order valence-electron chi connectivity index (χ0n) is 26.3. The van der Waals surface area contributed by atoms with Gasteiger partial charge >= 0.3 is 0 Å². The van der Waals surface area contributed by atoms with Crippen LogP contribution in [0.2, 0.25) is 0 Å². The van der Waals surface area contributed by atoms with Gasteiger partial charge in [-0.15, -0.1) is 0 Å². The molecule has 1 saturated heterocycles. The largest absolute Gasteiger partial charge is 0.490 e. The number of Topliss-reactive ketones (excluding diaryl/α,β-unsaturated/α-hetero) is 1. The van der Waals surface area contributed by atoms with E-state index < -0.39 is 5.92 Å². The van der Waals surface area contributed by atoms with Crippen LogP contribution < -0.4 is 14.8 Å². The highest BCUT2D eigenvalue weighted by Gasteiger charge is 2.39. The second-order valence-corrected chi connectivity index (χ2v) is 13.0. The van der Waals surface area contributed by atoms with Crippen LogP contribution in [0.25, 0.3) is 0 Å². The number of halogens is 1. The van der Waals surface area contributed by atoms with Crippen molar-refractivity contribution >= 4 is 27.6 Å². The fraction of sp³-hybridized carbons (Fsp3) is 0.342. The summed E-state index contributed by atoms with van der Waals surface area (Å²) in [6, 6.07) is 23.9. The van der Waals surface area contributed by atoms with Gasteiger partial charge in [-0.1, -0.05) is 42.5 Å². The highest BCUT2D eigenvalue weighted by Crippen LogP contribution is 2.48. The average molecular weight is 681 g/mol. The van der Waals surface area contributed by atoms with E-state index in [2.05, 4.69) is 39.4 Å². The van der Waals surface area contributed by atoms with Crippen LogP contribution in [0.3, 0.4) is 0 Å². The lowest BCUT2D eigenvalue weighted by Crippen LogP contribution is -2.35. The normalized spacial score (nSPS) is 19.7. The maximum atomic E-state index is 13.8. The number of nitrogens with one attached hydrogen (secondary N) is 1. The molecular formula is C38H38BrN3O4. The van der Waals surface area contributed by atoms with Gasteiger partial charge in [0.05, 0.1) is 28.6 Å². The van der Waals surface area contributed by atoms with Crippen molar-refractivity contribution in [3.63, 3.8) is 0 Å². The van der Waals surface area contributed by atoms with Gasteiger partial charge in [-0.05, 0) is 102 Å². The number of benzene rings is 3. The van der Waals surface area contributed by atoms with Crippen LogP contribution in [0.1, 0.15) is 84.8 Å². The smallest absolute Gasteiger partial charge is 0.253 e. The van der Waals surface area contributed by atoms with Crippen LogP contribution in [0.4, 0.5) is 0 Å². The first-order chi connectivity index (χ1) is 22.4. The molecule has 0 spiro atoms. The molecule has 1 aliphatic carbocycles. The third-order valence-corrected chi connectivity index (χ3v) is 9.67. The quantitative estimate of drug-likeness (QED) is 0.260. The van der Waals surface area contributed by atoms with Crippen LogP contribution in [-0.2, 0) is 11.4 Å². The van der Waals surface area contributed by atoms with Crippen molar-refractivity contribution in [3.8, 4) is 17.6 Å². The number of hydrogen-bond donors (Lipinski definition) is 1. The molecule has 2 aliphatic heterocycles. The first kappa shape index (κ1) is 31.6. The minimum atomic E-state index is -0.521. The molecule has 0 aromatic heterocycles. The molecule has 236 valence electrons. The van der Waals surface area contributed by atoms with E-state index in [4.69, 9.17) is 9.47 Å². The first-order valence-corrected chi connectivity index (χ1v) is 16.8. The number of carbonyl (C=O) groups excluding carboxylic acids is 2. The Hall–Kier alpha value is -4.35. The Morgan fingerprint density at radius 3 is 2.52 bits per heavy atom. The van der Waals surface area contributed by atoms with E-state index in [0.717, 1.165) is 54.0 Å². The van der Waals surface area contributed by atoms with Gasteiger partial charge in [0.15, 0.2) is 17.3 Å². The number of hydrogen-bond acceptors (Lipinski definition) is 6. The molecule has 0 radical (unpaired) electrons. The molecule has 0 bridgehead atoms. The van der Waals surface area contributed by atoms with Gasteiger partial charge in [0.1, 0.15) is 6.61 Å². The third kappa shape index (κ3) is 6.47. The van der Waals surface area contributed by atoms with Gasteiger partial charge in [0.25, 0.3) is 5.91 Å². The fourth-order valence-electron chi connectivity index (χ4n) is 6.87. The Morgan fingerprint density at radius 2 is 1.78 bits per heavy atom. The molecule has 1 fully saturated rings. The SMILES string of the molecule is CCOc1cc(C2C(C#N)=C(C)NC3=C2C(=O)CC(c2ccccc2)C3)cc(Br)c1OCc1cccc(C(=O)N2CCCCC2)c1. The van der Waals surface area contributed by atoms with Gasteiger partial charge in [0, 0.05) is 42.0 Å². The number of ether oxygens (including phenoxy) is 2. The highest BCUT2D eigenvalue weighted by molar-refractivity contribution is 9.10. The zero-order valence-corrected chi connectivity index (χ0v) is 27.9. The number of amides is 1. The van der Waals surface area contributed by atoms with Crippen molar-refractivity contribution in [1.29, 1.82) is 5.26 Å². The second kappa shape index (κ2) is 14.0. The number of carbonyl (C=O) groups is 2. The number of nitrogens with zero attached hydrogens (tertiary/aromatic N) is 2. The van der Waals surface area contributed by atoms with Crippen LogP contribution in [-0.4, -0.2) is 36.3 Å². The molecular weight excluding hydrogens is 642 g/mol. The van der Waals surface area contributed by atoms with Crippen molar-refractivity contribution < 1.29 is 19.1 Å². The number of dihydropyridines is 1. The van der Waals surface area contributed by atoms with Gasteiger partial charge in [-0.25, -0.2) is 0 Å². The number of nitriles is 1. The molecule has 0 saturated carbocycles. The van der Waals surface area contributed by atoms with Crippen molar-refractivity contribution in [2.45, 2.75) is 64.4 Å². The van der Waals surface area contributed by atoms with Crippen molar-refractivity contribution in [2.24, 2.45) is 0 Å². The summed E-state index contributed by atoms with van der Waals surface area (Å²) in [4.78, 5) is 28.9. The predicted octanol–water partition coefficient (Wildman–Crippen LogP) is 7.94. The molecule has 1 N–H and O–H groups in total. The second-order valence-electron chi connectivity index (χ2n) is 12.1. The number of ketones is 1. The van der Waals surface area contributed by atoms with E-state index in [-0.39, 0.29) is 24.2 Å². The van der Waals surface area contributed by atoms with Crippen LogP contribution in [0.5, 0.6) is 11.5 Å². The molecule has 7 nitrogen and oxygen atoms in total. The minimum absolute atomic E-state index is 0.0428. The third-order valence-electron chi connectivity index (χ3n) is 9.08. The Bertz CT molecular complexity index is 1750. The van der Waals surface area contributed by atoms with Crippen LogP contribution in [0, 0.1) is 11.3 Å². The summed E-state index contributed by atoms with van der Waals surface area (Å²) in [5.41, 5.74) is 6.25. The lowest BCUT2D eigenvalue weighted by atomic mass is 9.72. The monoisotopic (exact) mass is 679 g/mol. The molecule has 8 heteroatoms. The van der Waals surface area contributed by atoms with E-state index in [1.807, 2.05) is 73.3 Å². The fourth-order valence-corrected chi connectivity index (χ4v) is 7.44. The molecule has 2 unspecified atom stereocenters. The molecule has 6 rings (SSSR count). The maximum absolute atomic E-state index is 13.8. The average Bonchev–Trinajstić information content (AvgIpc) is 3.07. The van der Waals surface area contributed by atoms with Gasteiger partial charge in [-0.2, -0.15) is 5.26 Å². The molecule has 2 atom stereocenters. The van der Waals surface area contributed by atoms with E-state index >= 15 is 0 Å². The predicted molar refractivity (Wildman–Crippen MR) is 180 cm³/mol. The maximum Gasteiger partial charge on any atom is 0.253 e. The molecule has 46 heavy (non-hydrogen) atoms. The number of likely N-dealkylation sites (tertiary alicyclic amines) is 1. The summed E-state index contributed by atoms with van der Waals surface area (Å²) in [6.07, 6.45) is 4.34. The minimum Gasteiger partial charge on any atom is -0.490 e. The van der Waals surface area contributed by atoms with Crippen LogP contribution in [0.15, 0.2) is 93.7 Å². The Morgan fingerprint density at radius 1 is 1.00 bits per heavy atom. The Balaban J connectivity index is 1.29. The number of rotatable bonds is 8. The van der Waals surface area contributed by atoms with Gasteiger partial charge in [-0.3, -0.25) is 9.59 Å². The van der Waals surface area contributed by atoms with Crippen LogP contribution >= 0.6 is 15.9 Å². The summed E-state index contributed by atoms with van der Waals surface area (Å²) in [6.45, 7) is 6.05. The van der Waals surface area contributed by atoms with Gasteiger partial charge in [0.2, 0.25) is 0 Å². The summed E-state index contributed by atoms with van der Waals surface area (Å²) >= 11 is 3.72. The lowest BCUT2D eigenvalue weighted by molar-refractivity contribution is -0.116. The summed E-state index contributed by atoms with van der Waals surface area (Å²) < 4.78 is 13.1. The standard InChI is InChI=1S/C38H38BrN3O4/c1-3-45-34-21-29(18-31(39)37(34)46-23-25-11-10-14-27(17-25)38(44)42-15-8-5-9-16-42)35-30(22-40)24(2)41-32-19-28(20-33(43)36(32)35)26-12-6-4-7-13-26/h4,6-7,10-14,17-18,21,28,35,41H,3,5,8-9,15-16,19-20,23H2,1-2H3. The van der Waals surface area contributed by atoms with Gasteiger partial charge < -0.3 is 19.7 Å². The van der Waals surface area contributed by atoms with E-state index in [1.165, 1.54) is 6.42 Å². The summed E-state index contributed by atoms with van der Waals surface area (Å²) in [5, 5.41) is 13.7. The molecule has 3 aromatic carbocycles. The van der Waals surface area contributed by atoms with Crippen molar-refractivity contribution in [2.75, 3.05) is 19.7 Å². The van der Waals surface area contributed by atoms with E-state index in [0.29, 0.717) is 52.1 Å². The van der Waals surface area contributed by atoms with E-state index in [9.17, 15) is 14.9 Å². The first-order valence-electron chi connectivity index (χ1n) is 16.0. The number of piperidine rings is 1. The zero-order chi connectivity index (χ0) is 32.2. The van der Waals surface area contributed by atoms with Crippen molar-refractivity contribution in [3.05, 3.63) is 116 Å². The molecule has 3 aromatic rings. The number of allylic oxidation sites excluding steroid dienone is 4. The Labute approximate surface area is 279 Å². The summed E-state index contributed by atoms with van der Waals surface area (Å²) in [5.74, 6) is 0.705. The van der Waals surface area contributed by atoms with E-state index in [1.54, 1.807) is 0 Å². The van der Waals surface area contributed by atoms with Crippen molar-refractivity contribution in [1.82, 2.24) is 10.2 Å². The lowest BCUT2D eigenvalue weighted by Gasteiger charge is -2.36.